The first-order valence-electron chi connectivity index (χ1n) is 7.29. The number of rotatable bonds is 2. The molecule has 2 fully saturated rings. The molecule has 1 aliphatic carbocycles. The highest BCUT2D eigenvalue weighted by Gasteiger charge is 2.33. The molecule has 1 atom stereocenters. The van der Waals surface area contributed by atoms with Crippen molar-refractivity contribution in [2.24, 2.45) is 5.92 Å². The molecule has 1 heterocycles. The molecule has 1 amide bonds. The number of amides is 1. The van der Waals surface area contributed by atoms with Crippen LogP contribution in [-0.2, 0) is 9.53 Å². The zero-order chi connectivity index (χ0) is 13.1. The van der Waals surface area contributed by atoms with Crippen LogP contribution in [0.5, 0.6) is 0 Å². The second kappa shape index (κ2) is 5.74. The minimum absolute atomic E-state index is 0.100. The normalized spacial score (nSPS) is 24.6. The minimum atomic E-state index is 0.100. The summed E-state index contributed by atoms with van der Waals surface area (Å²) in [6.45, 7) is 2.03. The highest BCUT2D eigenvalue weighted by atomic mass is 16.5. The van der Waals surface area contributed by atoms with Crippen molar-refractivity contribution in [3.05, 3.63) is 35.9 Å². The van der Waals surface area contributed by atoms with Gasteiger partial charge in [-0.25, -0.2) is 0 Å². The van der Waals surface area contributed by atoms with Crippen LogP contribution in [0.15, 0.2) is 30.3 Å². The maximum atomic E-state index is 12.7. The molecule has 2 aliphatic rings. The van der Waals surface area contributed by atoms with E-state index in [1.807, 2.05) is 18.2 Å². The molecule has 0 spiro atoms. The fourth-order valence-electron chi connectivity index (χ4n) is 3.23. The summed E-state index contributed by atoms with van der Waals surface area (Å²) in [6.07, 6.45) is 4.54. The molecule has 1 saturated carbocycles. The van der Waals surface area contributed by atoms with E-state index >= 15 is 0 Å². The van der Waals surface area contributed by atoms with Crippen LogP contribution in [0.4, 0.5) is 0 Å². The van der Waals surface area contributed by atoms with Crippen molar-refractivity contribution in [1.82, 2.24) is 4.90 Å². The third kappa shape index (κ3) is 2.66. The molecule has 1 aromatic rings. The molecule has 1 aromatic carbocycles. The van der Waals surface area contributed by atoms with Gasteiger partial charge in [-0.05, 0) is 18.4 Å². The molecular weight excluding hydrogens is 238 g/mol. The van der Waals surface area contributed by atoms with Gasteiger partial charge in [-0.15, -0.1) is 0 Å². The summed E-state index contributed by atoms with van der Waals surface area (Å²) in [7, 11) is 0. The summed E-state index contributed by atoms with van der Waals surface area (Å²) >= 11 is 0. The Bertz CT molecular complexity index is 426. The summed E-state index contributed by atoms with van der Waals surface area (Å²) in [4.78, 5) is 14.7. The quantitative estimate of drug-likeness (QED) is 0.817. The monoisotopic (exact) mass is 259 g/mol. The highest BCUT2D eigenvalue weighted by Crippen LogP contribution is 2.31. The average Bonchev–Trinajstić information content (AvgIpc) is 3.02. The largest absolute Gasteiger partial charge is 0.377 e. The van der Waals surface area contributed by atoms with Gasteiger partial charge in [0.2, 0.25) is 5.91 Å². The van der Waals surface area contributed by atoms with Gasteiger partial charge >= 0.3 is 0 Å². The van der Waals surface area contributed by atoms with Crippen LogP contribution in [0.25, 0.3) is 0 Å². The number of ether oxygens (including phenoxy) is 1. The Morgan fingerprint density at radius 3 is 2.63 bits per heavy atom. The fraction of sp³-hybridized carbons (Fsp3) is 0.562. The topological polar surface area (TPSA) is 29.5 Å². The van der Waals surface area contributed by atoms with E-state index in [-0.39, 0.29) is 12.0 Å². The van der Waals surface area contributed by atoms with Crippen molar-refractivity contribution in [3.8, 4) is 0 Å². The molecule has 0 radical (unpaired) electrons. The van der Waals surface area contributed by atoms with Crippen LogP contribution < -0.4 is 0 Å². The van der Waals surface area contributed by atoms with Gasteiger partial charge < -0.3 is 9.64 Å². The lowest BCUT2D eigenvalue weighted by Crippen LogP contribution is -2.45. The van der Waals surface area contributed by atoms with E-state index in [0.717, 1.165) is 19.4 Å². The van der Waals surface area contributed by atoms with Gasteiger partial charge in [0.05, 0.1) is 19.3 Å². The number of hydrogen-bond acceptors (Lipinski definition) is 2. The number of nitrogens with zero attached hydrogens (tertiary/aromatic N) is 1. The van der Waals surface area contributed by atoms with E-state index in [2.05, 4.69) is 17.0 Å². The summed E-state index contributed by atoms with van der Waals surface area (Å²) in [5, 5.41) is 0. The minimum Gasteiger partial charge on any atom is -0.377 e. The zero-order valence-corrected chi connectivity index (χ0v) is 11.3. The second-order valence-corrected chi connectivity index (χ2v) is 5.51. The lowest BCUT2D eigenvalue weighted by atomic mass is 10.0. The van der Waals surface area contributed by atoms with E-state index in [0.29, 0.717) is 19.1 Å². The molecule has 3 nitrogen and oxygen atoms in total. The Hall–Kier alpha value is -1.35. The summed E-state index contributed by atoms with van der Waals surface area (Å²) in [5.41, 5.74) is 1.19. The van der Waals surface area contributed by atoms with Crippen molar-refractivity contribution < 1.29 is 9.53 Å². The fourth-order valence-corrected chi connectivity index (χ4v) is 3.23. The van der Waals surface area contributed by atoms with Crippen LogP contribution >= 0.6 is 0 Å². The van der Waals surface area contributed by atoms with Crippen LogP contribution in [0, 0.1) is 5.92 Å². The Labute approximate surface area is 114 Å². The van der Waals surface area contributed by atoms with Crippen LogP contribution in [-0.4, -0.2) is 30.6 Å². The molecule has 102 valence electrons. The van der Waals surface area contributed by atoms with Crippen LogP contribution in [0.2, 0.25) is 0 Å². The number of benzene rings is 1. The zero-order valence-electron chi connectivity index (χ0n) is 11.3. The van der Waals surface area contributed by atoms with E-state index < -0.39 is 0 Å². The average molecular weight is 259 g/mol. The lowest BCUT2D eigenvalue weighted by Gasteiger charge is -2.37. The Morgan fingerprint density at radius 2 is 1.89 bits per heavy atom. The van der Waals surface area contributed by atoms with Gasteiger partial charge in [0, 0.05) is 12.5 Å². The van der Waals surface area contributed by atoms with E-state index in [4.69, 9.17) is 4.74 Å². The molecule has 3 heteroatoms. The number of hydrogen-bond donors (Lipinski definition) is 0. The third-order valence-corrected chi connectivity index (χ3v) is 4.30. The Kier molecular flexibility index (Phi) is 3.83. The van der Waals surface area contributed by atoms with E-state index in [9.17, 15) is 4.79 Å². The molecule has 0 aromatic heterocycles. The molecule has 0 N–H and O–H groups in total. The molecule has 1 aliphatic heterocycles. The first kappa shape index (κ1) is 12.7. The SMILES string of the molecule is O=C(C1CCCC1)N1CCOC[C@@H]1c1ccccc1. The van der Waals surface area contributed by atoms with Crippen LogP contribution in [0.3, 0.4) is 0 Å². The molecule has 0 bridgehead atoms. The van der Waals surface area contributed by atoms with Gasteiger partial charge in [0.25, 0.3) is 0 Å². The second-order valence-electron chi connectivity index (χ2n) is 5.51. The predicted octanol–water partition coefficient (Wildman–Crippen LogP) is 2.78. The first-order chi connectivity index (χ1) is 9.36. The van der Waals surface area contributed by atoms with Crippen molar-refractivity contribution in [2.75, 3.05) is 19.8 Å². The smallest absolute Gasteiger partial charge is 0.226 e. The van der Waals surface area contributed by atoms with E-state index in [1.54, 1.807) is 0 Å². The highest BCUT2D eigenvalue weighted by molar-refractivity contribution is 5.79. The van der Waals surface area contributed by atoms with Crippen molar-refractivity contribution in [1.29, 1.82) is 0 Å². The molecular formula is C16H21NO2. The maximum absolute atomic E-state index is 12.7. The lowest BCUT2D eigenvalue weighted by molar-refractivity contribution is -0.144. The third-order valence-electron chi connectivity index (χ3n) is 4.30. The standard InChI is InChI=1S/C16H21NO2/c18-16(14-8-4-5-9-14)17-10-11-19-12-15(17)13-6-2-1-3-7-13/h1-3,6-7,14-15H,4-5,8-12H2/t15-/m1/s1. The number of carbonyl (C=O) groups is 1. The number of carbonyl (C=O) groups excluding carboxylic acids is 1. The molecule has 3 rings (SSSR count). The number of morpholine rings is 1. The van der Waals surface area contributed by atoms with Crippen molar-refractivity contribution >= 4 is 5.91 Å². The van der Waals surface area contributed by atoms with Crippen LogP contribution in [0.1, 0.15) is 37.3 Å². The summed E-state index contributed by atoms with van der Waals surface area (Å²) in [6, 6.07) is 10.4. The Morgan fingerprint density at radius 1 is 1.16 bits per heavy atom. The van der Waals surface area contributed by atoms with E-state index in [1.165, 1.54) is 18.4 Å². The molecule has 19 heavy (non-hydrogen) atoms. The van der Waals surface area contributed by atoms with Gasteiger partial charge in [0.1, 0.15) is 0 Å². The molecule has 0 unspecified atom stereocenters. The van der Waals surface area contributed by atoms with Gasteiger partial charge in [-0.2, -0.15) is 0 Å². The van der Waals surface area contributed by atoms with Gasteiger partial charge in [-0.1, -0.05) is 43.2 Å². The first-order valence-corrected chi connectivity index (χ1v) is 7.29. The van der Waals surface area contributed by atoms with Gasteiger partial charge in [-0.3, -0.25) is 4.79 Å². The summed E-state index contributed by atoms with van der Waals surface area (Å²) < 4.78 is 5.59. The molecule has 1 saturated heterocycles. The van der Waals surface area contributed by atoms with Gasteiger partial charge in [0.15, 0.2) is 0 Å². The van der Waals surface area contributed by atoms with Crippen molar-refractivity contribution in [2.45, 2.75) is 31.7 Å². The Balaban J connectivity index is 1.79. The summed E-state index contributed by atoms with van der Waals surface area (Å²) in [5.74, 6) is 0.596. The maximum Gasteiger partial charge on any atom is 0.226 e. The predicted molar refractivity (Wildman–Crippen MR) is 73.7 cm³/mol. The van der Waals surface area contributed by atoms with Crippen molar-refractivity contribution in [3.63, 3.8) is 0 Å².